The van der Waals surface area contributed by atoms with Crippen LogP contribution >= 0.6 is 0 Å². The molecule has 14 nitrogen and oxygen atoms in total. The molecule has 5 N–H and O–H groups in total. The average molecular weight is 634 g/mol. The zero-order valence-corrected chi connectivity index (χ0v) is 26.5. The smallest absolute Gasteiger partial charge is 0.412 e. The van der Waals surface area contributed by atoms with Crippen LogP contribution in [0.2, 0.25) is 0 Å². The zero-order valence-electron chi connectivity index (χ0n) is 26.5. The van der Waals surface area contributed by atoms with Crippen LogP contribution in [0, 0.1) is 0 Å². The Morgan fingerprint density at radius 1 is 1.00 bits per heavy atom. The van der Waals surface area contributed by atoms with Crippen molar-refractivity contribution in [2.75, 3.05) is 44.0 Å². The Morgan fingerprint density at radius 2 is 1.76 bits per heavy atom. The van der Waals surface area contributed by atoms with Crippen molar-refractivity contribution in [2.45, 2.75) is 39.7 Å². The van der Waals surface area contributed by atoms with Gasteiger partial charge in [0.25, 0.3) is 5.91 Å². The number of nitrogens with zero attached hydrogens (tertiary/aromatic N) is 3. The first-order valence-corrected chi connectivity index (χ1v) is 14.7. The molecule has 4 aromatic rings. The molecule has 0 spiro atoms. The van der Waals surface area contributed by atoms with Crippen molar-refractivity contribution in [1.82, 2.24) is 25.0 Å². The van der Waals surface area contributed by atoms with E-state index in [0.29, 0.717) is 46.1 Å². The molecule has 2 aromatic heterocycles. The van der Waals surface area contributed by atoms with Crippen molar-refractivity contribution in [2.24, 2.45) is 0 Å². The van der Waals surface area contributed by atoms with Gasteiger partial charge in [0.1, 0.15) is 11.4 Å². The van der Waals surface area contributed by atoms with Gasteiger partial charge in [0, 0.05) is 48.4 Å². The molecule has 0 atom stereocenters. The number of nitrogens with one attached hydrogen (secondary N) is 4. The van der Waals surface area contributed by atoms with Gasteiger partial charge in [0.05, 0.1) is 37.9 Å². The van der Waals surface area contributed by atoms with E-state index in [-0.39, 0.29) is 32.2 Å². The highest BCUT2D eigenvalue weighted by atomic mass is 16.6. The number of carbonyl (C=O) groups excluding carboxylic acids is 2. The van der Waals surface area contributed by atoms with E-state index in [1.165, 1.54) is 0 Å². The van der Waals surface area contributed by atoms with Crippen LogP contribution in [0.1, 0.15) is 43.6 Å². The van der Waals surface area contributed by atoms with Crippen LogP contribution in [-0.4, -0.2) is 76.6 Å². The molecule has 2 aromatic carbocycles. The average Bonchev–Trinajstić information content (AvgIpc) is 3.44. The molecule has 0 saturated carbocycles. The van der Waals surface area contributed by atoms with Gasteiger partial charge < -0.3 is 35.3 Å². The number of aryl methyl sites for hydroxylation is 1. The number of amides is 3. The third-order valence-corrected chi connectivity index (χ3v) is 6.61. The number of carboxylic acid groups (broad SMARTS) is 1. The predicted molar refractivity (Wildman–Crippen MR) is 173 cm³/mol. The molecular weight excluding hydrogens is 594 g/mol. The highest BCUT2D eigenvalue weighted by Gasteiger charge is 2.20. The van der Waals surface area contributed by atoms with Crippen molar-refractivity contribution in [3.05, 3.63) is 66.1 Å². The number of benzene rings is 2. The molecule has 0 fully saturated rings. The standard InChI is InChI=1S/C32H39N7O7/c1-6-20-17-21(7-9-23(20)29(40)34-12-15-45-16-13-35-30(41)42)37-27-28-36-19-26(39(28)14-11-33-27)24-10-8-22(44-5)18-25(24)38-31(43)46-32(2,3)4/h7-11,14,17-19,35H,6,12-13,15-16H2,1-5H3,(H,33,37)(H,34,40)(H,38,43)(H,41,42). The van der Waals surface area contributed by atoms with Crippen molar-refractivity contribution in [3.8, 4) is 17.0 Å². The molecular formula is C32H39N7O7. The van der Waals surface area contributed by atoms with Gasteiger partial charge in [-0.15, -0.1) is 0 Å². The molecule has 4 rings (SSSR count). The van der Waals surface area contributed by atoms with E-state index in [1.54, 1.807) is 70.7 Å². The lowest BCUT2D eigenvalue weighted by Gasteiger charge is -2.20. The number of imidazole rings is 1. The molecule has 244 valence electrons. The summed E-state index contributed by atoms with van der Waals surface area (Å²) in [5, 5.41) is 19.8. The van der Waals surface area contributed by atoms with Crippen molar-refractivity contribution in [3.63, 3.8) is 0 Å². The van der Waals surface area contributed by atoms with Gasteiger partial charge in [-0.2, -0.15) is 0 Å². The summed E-state index contributed by atoms with van der Waals surface area (Å²) in [7, 11) is 1.55. The molecule has 0 aliphatic rings. The summed E-state index contributed by atoms with van der Waals surface area (Å²) < 4.78 is 18.0. The Hall–Kier alpha value is -5.37. The Labute approximate surface area is 266 Å². The van der Waals surface area contributed by atoms with E-state index in [1.807, 2.05) is 23.5 Å². The molecule has 2 heterocycles. The Kier molecular flexibility index (Phi) is 11.0. The van der Waals surface area contributed by atoms with Gasteiger partial charge in [-0.3, -0.25) is 14.5 Å². The summed E-state index contributed by atoms with van der Waals surface area (Å²) in [6.07, 6.45) is 4.03. The third kappa shape index (κ3) is 8.85. The van der Waals surface area contributed by atoms with E-state index in [9.17, 15) is 14.4 Å². The maximum absolute atomic E-state index is 12.8. The predicted octanol–water partition coefficient (Wildman–Crippen LogP) is 5.07. The van der Waals surface area contributed by atoms with Gasteiger partial charge >= 0.3 is 12.2 Å². The molecule has 0 unspecified atom stereocenters. The summed E-state index contributed by atoms with van der Waals surface area (Å²) in [5.74, 6) is 0.831. The summed E-state index contributed by atoms with van der Waals surface area (Å²) in [4.78, 5) is 45.1. The van der Waals surface area contributed by atoms with E-state index < -0.39 is 17.8 Å². The lowest BCUT2D eigenvalue weighted by Crippen LogP contribution is -2.30. The molecule has 0 aliphatic carbocycles. The van der Waals surface area contributed by atoms with Crippen LogP contribution < -0.4 is 26.0 Å². The fraction of sp³-hybridized carbons (Fsp3) is 0.344. The van der Waals surface area contributed by atoms with Gasteiger partial charge in [-0.25, -0.2) is 19.6 Å². The molecule has 46 heavy (non-hydrogen) atoms. The minimum absolute atomic E-state index is 0.175. The van der Waals surface area contributed by atoms with E-state index in [4.69, 9.17) is 19.3 Å². The first-order valence-electron chi connectivity index (χ1n) is 14.7. The maximum atomic E-state index is 12.8. The second kappa shape index (κ2) is 15.1. The topological polar surface area (TPSA) is 177 Å². The molecule has 0 bridgehead atoms. The molecule has 0 radical (unpaired) electrons. The lowest BCUT2D eigenvalue weighted by atomic mass is 10.0. The molecule has 14 heteroatoms. The second-order valence-electron chi connectivity index (χ2n) is 11.1. The van der Waals surface area contributed by atoms with Crippen molar-refractivity contribution >= 4 is 40.9 Å². The van der Waals surface area contributed by atoms with Crippen LogP contribution in [-0.2, 0) is 15.9 Å². The Balaban J connectivity index is 1.51. The van der Waals surface area contributed by atoms with E-state index in [2.05, 4.69) is 31.2 Å². The fourth-order valence-corrected chi connectivity index (χ4v) is 4.58. The SMILES string of the molecule is CCc1cc(Nc2nccn3c(-c4ccc(OC)cc4NC(=O)OC(C)(C)C)cnc23)ccc1C(=O)NCCOCCNC(=O)O. The number of methoxy groups -OCH3 is 1. The minimum atomic E-state index is -1.11. The van der Waals surface area contributed by atoms with Crippen LogP contribution in [0.25, 0.3) is 16.9 Å². The number of hydrogen-bond donors (Lipinski definition) is 5. The quantitative estimate of drug-likeness (QED) is 0.125. The van der Waals surface area contributed by atoms with Gasteiger partial charge in [-0.1, -0.05) is 6.92 Å². The molecule has 0 aliphatic heterocycles. The van der Waals surface area contributed by atoms with Crippen LogP contribution in [0.4, 0.5) is 26.8 Å². The maximum Gasteiger partial charge on any atom is 0.412 e. The minimum Gasteiger partial charge on any atom is -0.497 e. The van der Waals surface area contributed by atoms with Gasteiger partial charge in [0.15, 0.2) is 11.5 Å². The highest BCUT2D eigenvalue weighted by Crippen LogP contribution is 2.34. The molecule has 0 saturated heterocycles. The second-order valence-corrected chi connectivity index (χ2v) is 11.1. The first kappa shape index (κ1) is 33.5. The fourth-order valence-electron chi connectivity index (χ4n) is 4.58. The lowest BCUT2D eigenvalue weighted by molar-refractivity contribution is 0.0635. The number of aromatic nitrogens is 3. The Morgan fingerprint density at radius 3 is 2.46 bits per heavy atom. The van der Waals surface area contributed by atoms with E-state index in [0.717, 1.165) is 11.3 Å². The normalized spacial score (nSPS) is 11.2. The number of ether oxygens (including phenoxy) is 3. The largest absolute Gasteiger partial charge is 0.497 e. The van der Waals surface area contributed by atoms with Gasteiger partial charge in [0.2, 0.25) is 0 Å². The van der Waals surface area contributed by atoms with Crippen LogP contribution in [0.3, 0.4) is 0 Å². The van der Waals surface area contributed by atoms with Gasteiger partial charge in [-0.05, 0) is 63.1 Å². The van der Waals surface area contributed by atoms with Crippen LogP contribution in [0.5, 0.6) is 5.75 Å². The zero-order chi connectivity index (χ0) is 33.3. The number of carbonyl (C=O) groups is 3. The summed E-state index contributed by atoms with van der Waals surface area (Å²) >= 11 is 0. The van der Waals surface area contributed by atoms with Crippen LogP contribution in [0.15, 0.2) is 55.0 Å². The first-order chi connectivity index (χ1) is 22.0. The van der Waals surface area contributed by atoms with Crippen molar-refractivity contribution < 1.29 is 33.7 Å². The third-order valence-electron chi connectivity index (χ3n) is 6.61. The number of hydrogen-bond acceptors (Lipinski definition) is 9. The van der Waals surface area contributed by atoms with Crippen molar-refractivity contribution in [1.29, 1.82) is 0 Å². The Bertz CT molecular complexity index is 1700. The summed E-state index contributed by atoms with van der Waals surface area (Å²) in [6.45, 7) is 8.27. The molecule has 3 amide bonds. The number of rotatable bonds is 13. The highest BCUT2D eigenvalue weighted by molar-refractivity contribution is 5.96. The number of fused-ring (bicyclic) bond motifs is 1. The summed E-state index contributed by atoms with van der Waals surface area (Å²) in [5.41, 5.74) is 3.88. The van der Waals surface area contributed by atoms with E-state index >= 15 is 0 Å². The monoisotopic (exact) mass is 633 g/mol. The number of anilines is 3. The summed E-state index contributed by atoms with van der Waals surface area (Å²) in [6, 6.07) is 10.8.